The number of hydrogen-bond acceptors (Lipinski definition) is 3. The fraction of sp³-hybridized carbons (Fsp3) is 0. The Morgan fingerprint density at radius 2 is 1.65 bits per heavy atom. The molecule has 4 nitrogen and oxygen atoms in total. The maximum atomic E-state index is 12.6. The smallest absolute Gasteiger partial charge is 0.255 e. The third-order valence-electron chi connectivity index (χ3n) is 3.94. The Morgan fingerprint density at radius 1 is 0.808 bits per heavy atom. The predicted octanol–water partition coefficient (Wildman–Crippen LogP) is 5.28. The van der Waals surface area contributed by atoms with Crippen LogP contribution in [0, 0.1) is 0 Å². The number of amides is 1. The molecule has 4 rings (SSSR count). The van der Waals surface area contributed by atoms with Crippen LogP contribution in [0.3, 0.4) is 0 Å². The Labute approximate surface area is 151 Å². The van der Waals surface area contributed by atoms with E-state index in [1.54, 1.807) is 18.3 Å². The van der Waals surface area contributed by atoms with Crippen molar-refractivity contribution in [2.45, 2.75) is 0 Å². The minimum Gasteiger partial charge on any atom is -0.457 e. The molecule has 126 valence electrons. The first kappa shape index (κ1) is 15.8. The summed E-state index contributed by atoms with van der Waals surface area (Å²) in [5.74, 6) is 1.24. The summed E-state index contributed by atoms with van der Waals surface area (Å²) in [7, 11) is 0. The summed E-state index contributed by atoms with van der Waals surface area (Å²) in [5.41, 5.74) is 2.12. The Kier molecular flexibility index (Phi) is 4.31. The quantitative estimate of drug-likeness (QED) is 0.550. The number of rotatable bonds is 4. The second kappa shape index (κ2) is 7.07. The Morgan fingerprint density at radius 3 is 2.54 bits per heavy atom. The van der Waals surface area contributed by atoms with Gasteiger partial charge < -0.3 is 10.1 Å². The summed E-state index contributed by atoms with van der Waals surface area (Å²) in [6.45, 7) is 0. The second-order valence-corrected chi connectivity index (χ2v) is 5.81. The van der Waals surface area contributed by atoms with Crippen LogP contribution < -0.4 is 10.1 Å². The van der Waals surface area contributed by atoms with Crippen molar-refractivity contribution >= 4 is 22.5 Å². The molecule has 1 amide bonds. The van der Waals surface area contributed by atoms with Gasteiger partial charge in [0.25, 0.3) is 5.91 Å². The third kappa shape index (κ3) is 3.54. The van der Waals surface area contributed by atoms with Crippen molar-refractivity contribution in [1.82, 2.24) is 4.98 Å². The van der Waals surface area contributed by atoms with Crippen LogP contribution in [0.25, 0.3) is 10.9 Å². The highest BCUT2D eigenvalue weighted by molar-refractivity contribution is 6.06. The number of nitrogens with one attached hydrogen (secondary N) is 1. The van der Waals surface area contributed by atoms with E-state index in [4.69, 9.17) is 4.74 Å². The van der Waals surface area contributed by atoms with E-state index in [-0.39, 0.29) is 5.91 Å². The number of pyridine rings is 1. The zero-order valence-electron chi connectivity index (χ0n) is 13.9. The largest absolute Gasteiger partial charge is 0.457 e. The number of carbonyl (C=O) groups is 1. The maximum absolute atomic E-state index is 12.6. The van der Waals surface area contributed by atoms with Crippen LogP contribution in [0.5, 0.6) is 11.5 Å². The molecule has 0 spiro atoms. The van der Waals surface area contributed by atoms with Gasteiger partial charge in [-0.1, -0.05) is 30.3 Å². The highest BCUT2D eigenvalue weighted by Crippen LogP contribution is 2.24. The number of ether oxygens (including phenoxy) is 1. The molecule has 0 radical (unpaired) electrons. The van der Waals surface area contributed by atoms with Gasteiger partial charge in [-0.2, -0.15) is 0 Å². The Balaban J connectivity index is 1.52. The molecule has 4 aromatic rings. The third-order valence-corrected chi connectivity index (χ3v) is 3.94. The van der Waals surface area contributed by atoms with E-state index < -0.39 is 0 Å². The fourth-order valence-electron chi connectivity index (χ4n) is 2.68. The van der Waals surface area contributed by atoms with Crippen molar-refractivity contribution in [2.75, 3.05) is 5.32 Å². The lowest BCUT2D eigenvalue weighted by Crippen LogP contribution is -2.11. The molecule has 0 aliphatic carbocycles. The molecule has 0 aliphatic rings. The average Bonchev–Trinajstić information content (AvgIpc) is 2.68. The van der Waals surface area contributed by atoms with E-state index in [1.165, 1.54) is 0 Å². The summed E-state index contributed by atoms with van der Waals surface area (Å²) in [4.78, 5) is 16.8. The number of carbonyl (C=O) groups excluding carboxylic acids is 1. The van der Waals surface area contributed by atoms with Gasteiger partial charge in [-0.15, -0.1) is 0 Å². The summed E-state index contributed by atoms with van der Waals surface area (Å²) in [6, 6.07) is 26.1. The molecule has 0 fully saturated rings. The highest BCUT2D eigenvalue weighted by Gasteiger charge is 2.08. The van der Waals surface area contributed by atoms with Gasteiger partial charge in [0, 0.05) is 28.9 Å². The molecule has 1 heterocycles. The molecular formula is C22H16N2O2. The van der Waals surface area contributed by atoms with Crippen molar-refractivity contribution < 1.29 is 9.53 Å². The van der Waals surface area contributed by atoms with Gasteiger partial charge in [0.05, 0.1) is 5.52 Å². The zero-order chi connectivity index (χ0) is 17.8. The van der Waals surface area contributed by atoms with Crippen LogP contribution in [-0.4, -0.2) is 10.9 Å². The van der Waals surface area contributed by atoms with Crippen molar-refractivity contribution in [3.05, 3.63) is 96.7 Å². The van der Waals surface area contributed by atoms with Gasteiger partial charge in [0.15, 0.2) is 0 Å². The molecule has 0 aliphatic heterocycles. The zero-order valence-corrected chi connectivity index (χ0v) is 13.9. The van der Waals surface area contributed by atoms with Crippen molar-refractivity contribution in [2.24, 2.45) is 0 Å². The summed E-state index contributed by atoms with van der Waals surface area (Å²) >= 11 is 0. The molecular weight excluding hydrogens is 324 g/mol. The molecule has 4 heteroatoms. The first-order valence-corrected chi connectivity index (χ1v) is 8.27. The van der Waals surface area contributed by atoms with Gasteiger partial charge in [0.1, 0.15) is 11.5 Å². The summed E-state index contributed by atoms with van der Waals surface area (Å²) in [5, 5.41) is 3.84. The average molecular weight is 340 g/mol. The predicted molar refractivity (Wildman–Crippen MR) is 103 cm³/mol. The van der Waals surface area contributed by atoms with Crippen LogP contribution >= 0.6 is 0 Å². The molecule has 0 atom stereocenters. The molecule has 0 unspecified atom stereocenters. The van der Waals surface area contributed by atoms with Gasteiger partial charge >= 0.3 is 0 Å². The maximum Gasteiger partial charge on any atom is 0.255 e. The van der Waals surface area contributed by atoms with Crippen LogP contribution in [0.1, 0.15) is 10.4 Å². The minimum atomic E-state index is -0.174. The fourth-order valence-corrected chi connectivity index (χ4v) is 2.68. The lowest BCUT2D eigenvalue weighted by Gasteiger charge is -2.09. The number of para-hydroxylation sites is 1. The van der Waals surface area contributed by atoms with E-state index in [0.717, 1.165) is 16.7 Å². The Hall–Kier alpha value is -3.66. The summed E-state index contributed by atoms with van der Waals surface area (Å²) < 4.78 is 5.80. The van der Waals surface area contributed by atoms with E-state index in [1.807, 2.05) is 72.8 Å². The number of anilines is 1. The standard InChI is InChI=1S/C22H16N2O2/c25-22(17-11-12-21-16(14-17)6-5-13-23-21)24-18-7-4-10-20(15-18)26-19-8-2-1-3-9-19/h1-15H,(H,24,25). The van der Waals surface area contributed by atoms with Crippen molar-refractivity contribution in [3.63, 3.8) is 0 Å². The summed E-state index contributed by atoms with van der Waals surface area (Å²) in [6.07, 6.45) is 1.74. The number of benzene rings is 3. The van der Waals surface area contributed by atoms with Crippen LogP contribution in [0.4, 0.5) is 5.69 Å². The number of nitrogens with zero attached hydrogens (tertiary/aromatic N) is 1. The molecule has 26 heavy (non-hydrogen) atoms. The molecule has 0 saturated heterocycles. The number of hydrogen-bond donors (Lipinski definition) is 1. The van der Waals surface area contributed by atoms with Gasteiger partial charge in [0.2, 0.25) is 0 Å². The molecule has 0 saturated carbocycles. The van der Waals surface area contributed by atoms with E-state index in [0.29, 0.717) is 17.0 Å². The lowest BCUT2D eigenvalue weighted by atomic mass is 10.1. The van der Waals surface area contributed by atoms with Crippen LogP contribution in [0.15, 0.2) is 91.1 Å². The van der Waals surface area contributed by atoms with Gasteiger partial charge in [-0.3, -0.25) is 9.78 Å². The van der Waals surface area contributed by atoms with E-state index in [2.05, 4.69) is 10.3 Å². The van der Waals surface area contributed by atoms with Crippen LogP contribution in [-0.2, 0) is 0 Å². The number of fused-ring (bicyclic) bond motifs is 1. The van der Waals surface area contributed by atoms with E-state index in [9.17, 15) is 4.79 Å². The highest BCUT2D eigenvalue weighted by atomic mass is 16.5. The number of aromatic nitrogens is 1. The topological polar surface area (TPSA) is 51.2 Å². The first-order valence-electron chi connectivity index (χ1n) is 8.27. The second-order valence-electron chi connectivity index (χ2n) is 5.81. The molecule has 1 aromatic heterocycles. The van der Waals surface area contributed by atoms with E-state index >= 15 is 0 Å². The van der Waals surface area contributed by atoms with Gasteiger partial charge in [-0.25, -0.2) is 0 Å². The SMILES string of the molecule is O=C(Nc1cccc(Oc2ccccc2)c1)c1ccc2ncccc2c1. The van der Waals surface area contributed by atoms with Crippen molar-refractivity contribution in [3.8, 4) is 11.5 Å². The molecule has 3 aromatic carbocycles. The monoisotopic (exact) mass is 340 g/mol. The van der Waals surface area contributed by atoms with Crippen LogP contribution in [0.2, 0.25) is 0 Å². The lowest BCUT2D eigenvalue weighted by molar-refractivity contribution is 0.102. The molecule has 0 bridgehead atoms. The Bertz CT molecular complexity index is 1060. The minimum absolute atomic E-state index is 0.174. The normalized spacial score (nSPS) is 10.5. The van der Waals surface area contributed by atoms with Gasteiger partial charge in [-0.05, 0) is 48.5 Å². The van der Waals surface area contributed by atoms with Crippen molar-refractivity contribution in [1.29, 1.82) is 0 Å². The molecule has 1 N–H and O–H groups in total. The first-order chi connectivity index (χ1) is 12.8.